The Morgan fingerprint density at radius 2 is 2.14 bits per heavy atom. The number of nitrogens with zero attached hydrogens (tertiary/aromatic N) is 3. The Hall–Kier alpha value is -2.13. The molecule has 1 saturated heterocycles. The minimum atomic E-state index is 0.0935. The van der Waals surface area contributed by atoms with Crippen molar-refractivity contribution in [2.24, 2.45) is 5.84 Å². The first kappa shape index (κ1) is 15.3. The lowest BCUT2D eigenvalue weighted by atomic mass is 10.3. The maximum absolute atomic E-state index is 12.0. The summed E-state index contributed by atoms with van der Waals surface area (Å²) in [4.78, 5) is 21.8. The highest BCUT2D eigenvalue weighted by molar-refractivity contribution is 5.77. The number of nitrogen functional groups attached to an aromatic ring is 1. The van der Waals surface area contributed by atoms with Gasteiger partial charge >= 0.3 is 0 Å². The minimum Gasteiger partial charge on any atom is -0.490 e. The van der Waals surface area contributed by atoms with Crippen molar-refractivity contribution in [3.63, 3.8) is 0 Å². The fourth-order valence-corrected chi connectivity index (χ4v) is 2.05. The highest BCUT2D eigenvalue weighted by Crippen LogP contribution is 2.27. The average molecular weight is 296 g/mol. The molecule has 1 aliphatic rings. The summed E-state index contributed by atoms with van der Waals surface area (Å²) in [6.07, 6.45) is 1.74. The van der Waals surface area contributed by atoms with Crippen LogP contribution in [0.4, 0.5) is 11.6 Å². The van der Waals surface area contributed by atoms with Gasteiger partial charge in [0, 0.05) is 26.1 Å². The van der Waals surface area contributed by atoms with Crippen LogP contribution < -0.4 is 21.3 Å². The number of nitrogens with two attached hydrogens (primary N) is 1. The molecule has 0 aliphatic carbocycles. The fourth-order valence-electron chi connectivity index (χ4n) is 2.05. The Bertz CT molecular complexity index is 478. The summed E-state index contributed by atoms with van der Waals surface area (Å²) in [5, 5.41) is 3.06. The van der Waals surface area contributed by atoms with Crippen molar-refractivity contribution in [2.45, 2.75) is 6.42 Å². The molecule has 9 heteroatoms. The van der Waals surface area contributed by atoms with Crippen LogP contribution >= 0.6 is 0 Å². The molecule has 116 valence electrons. The molecule has 1 aromatic heterocycles. The number of methoxy groups -OCH3 is 1. The van der Waals surface area contributed by atoms with Gasteiger partial charge in [0.05, 0.1) is 20.3 Å². The molecule has 1 amide bonds. The first-order chi connectivity index (χ1) is 10.3. The standard InChI is InChI=1S/C12H20N6O3/c1-20-10-11(15-8-16-12(10)17-13)14-3-2-9(19)18-4-6-21-7-5-18/h8H,2-7,13H2,1H3,(H2,14,15,16,17). The van der Waals surface area contributed by atoms with Gasteiger partial charge in [-0.1, -0.05) is 0 Å². The van der Waals surface area contributed by atoms with Crippen molar-refractivity contribution in [1.82, 2.24) is 14.9 Å². The van der Waals surface area contributed by atoms with Gasteiger partial charge in [0.1, 0.15) is 6.33 Å². The molecule has 1 fully saturated rings. The normalized spacial score (nSPS) is 14.7. The molecule has 2 heterocycles. The van der Waals surface area contributed by atoms with Gasteiger partial charge in [-0.3, -0.25) is 4.79 Å². The summed E-state index contributed by atoms with van der Waals surface area (Å²) >= 11 is 0. The van der Waals surface area contributed by atoms with E-state index in [-0.39, 0.29) is 5.91 Å². The highest BCUT2D eigenvalue weighted by atomic mass is 16.5. The average Bonchev–Trinajstić information content (AvgIpc) is 2.55. The van der Waals surface area contributed by atoms with E-state index in [1.54, 1.807) is 4.90 Å². The molecule has 0 unspecified atom stereocenters. The van der Waals surface area contributed by atoms with Crippen LogP contribution in [0.5, 0.6) is 5.75 Å². The number of hydrogen-bond acceptors (Lipinski definition) is 8. The number of anilines is 2. The van der Waals surface area contributed by atoms with Crippen LogP contribution in [0.3, 0.4) is 0 Å². The molecule has 1 aliphatic heterocycles. The highest BCUT2D eigenvalue weighted by Gasteiger charge is 2.17. The third-order valence-corrected chi connectivity index (χ3v) is 3.14. The van der Waals surface area contributed by atoms with E-state index >= 15 is 0 Å². The van der Waals surface area contributed by atoms with Crippen LogP contribution in [0.1, 0.15) is 6.42 Å². The first-order valence-corrected chi connectivity index (χ1v) is 6.71. The predicted octanol–water partition coefficient (Wildman–Crippen LogP) is -0.568. The second-order valence-electron chi connectivity index (χ2n) is 4.42. The van der Waals surface area contributed by atoms with E-state index in [0.29, 0.717) is 56.7 Å². The van der Waals surface area contributed by atoms with E-state index in [0.717, 1.165) is 0 Å². The number of hydrogen-bond donors (Lipinski definition) is 3. The third kappa shape index (κ3) is 3.92. The van der Waals surface area contributed by atoms with Gasteiger partial charge < -0.3 is 25.1 Å². The van der Waals surface area contributed by atoms with Gasteiger partial charge in [0.2, 0.25) is 11.7 Å². The van der Waals surface area contributed by atoms with Gasteiger partial charge in [0.15, 0.2) is 11.6 Å². The van der Waals surface area contributed by atoms with E-state index in [1.807, 2.05) is 0 Å². The number of morpholine rings is 1. The number of carbonyl (C=O) groups excluding carboxylic acids is 1. The van der Waals surface area contributed by atoms with Crippen LogP contribution in [-0.4, -0.2) is 60.7 Å². The number of amides is 1. The summed E-state index contributed by atoms with van der Waals surface area (Å²) < 4.78 is 10.4. The predicted molar refractivity (Wildman–Crippen MR) is 76.9 cm³/mol. The van der Waals surface area contributed by atoms with Gasteiger partial charge in [-0.15, -0.1) is 0 Å². The Morgan fingerprint density at radius 3 is 2.81 bits per heavy atom. The molecule has 9 nitrogen and oxygen atoms in total. The largest absolute Gasteiger partial charge is 0.490 e. The second kappa shape index (κ2) is 7.60. The number of ether oxygens (including phenoxy) is 2. The van der Waals surface area contributed by atoms with E-state index in [2.05, 4.69) is 20.7 Å². The first-order valence-electron chi connectivity index (χ1n) is 6.71. The molecule has 0 atom stereocenters. The van der Waals surface area contributed by atoms with Crippen LogP contribution in [-0.2, 0) is 9.53 Å². The van der Waals surface area contributed by atoms with E-state index in [9.17, 15) is 4.79 Å². The minimum absolute atomic E-state index is 0.0935. The topological polar surface area (TPSA) is 115 Å². The van der Waals surface area contributed by atoms with Crippen LogP contribution in [0.2, 0.25) is 0 Å². The quantitative estimate of drug-likeness (QED) is 0.472. The van der Waals surface area contributed by atoms with Gasteiger partial charge in [-0.2, -0.15) is 0 Å². The Kier molecular flexibility index (Phi) is 5.52. The molecule has 0 radical (unpaired) electrons. The fraction of sp³-hybridized carbons (Fsp3) is 0.583. The zero-order valence-electron chi connectivity index (χ0n) is 12.0. The van der Waals surface area contributed by atoms with Crippen molar-refractivity contribution in [1.29, 1.82) is 0 Å². The maximum Gasteiger partial charge on any atom is 0.224 e. The summed E-state index contributed by atoms with van der Waals surface area (Å²) in [6.45, 7) is 2.95. The van der Waals surface area contributed by atoms with Gasteiger partial charge in [-0.25, -0.2) is 15.8 Å². The summed E-state index contributed by atoms with van der Waals surface area (Å²) in [7, 11) is 1.50. The number of carbonyl (C=O) groups is 1. The lowest BCUT2D eigenvalue weighted by Gasteiger charge is -2.26. The molecule has 0 saturated carbocycles. The third-order valence-electron chi connectivity index (χ3n) is 3.14. The molecular formula is C12H20N6O3. The van der Waals surface area contributed by atoms with E-state index in [1.165, 1.54) is 13.4 Å². The smallest absolute Gasteiger partial charge is 0.224 e. The van der Waals surface area contributed by atoms with Crippen LogP contribution in [0.15, 0.2) is 6.33 Å². The molecule has 1 aromatic rings. The molecule has 0 aromatic carbocycles. The second-order valence-corrected chi connectivity index (χ2v) is 4.42. The zero-order valence-corrected chi connectivity index (χ0v) is 12.0. The van der Waals surface area contributed by atoms with Crippen LogP contribution in [0.25, 0.3) is 0 Å². The van der Waals surface area contributed by atoms with Crippen molar-refractivity contribution in [2.75, 3.05) is 50.7 Å². The van der Waals surface area contributed by atoms with Crippen molar-refractivity contribution < 1.29 is 14.3 Å². The number of rotatable bonds is 6. The molecule has 2 rings (SSSR count). The molecule has 21 heavy (non-hydrogen) atoms. The summed E-state index contributed by atoms with van der Waals surface area (Å²) in [6, 6.07) is 0. The SMILES string of the molecule is COc1c(NN)ncnc1NCCC(=O)N1CCOCC1. The number of nitrogens with one attached hydrogen (secondary N) is 2. The Morgan fingerprint density at radius 1 is 1.43 bits per heavy atom. The van der Waals surface area contributed by atoms with E-state index < -0.39 is 0 Å². The number of aromatic nitrogens is 2. The van der Waals surface area contributed by atoms with E-state index in [4.69, 9.17) is 15.3 Å². The lowest BCUT2D eigenvalue weighted by Crippen LogP contribution is -2.41. The monoisotopic (exact) mass is 296 g/mol. The van der Waals surface area contributed by atoms with Crippen LogP contribution in [0, 0.1) is 0 Å². The van der Waals surface area contributed by atoms with Crippen molar-refractivity contribution >= 4 is 17.5 Å². The van der Waals surface area contributed by atoms with Crippen molar-refractivity contribution in [3.05, 3.63) is 6.33 Å². The molecule has 0 spiro atoms. The molecule has 4 N–H and O–H groups in total. The summed E-state index contributed by atoms with van der Waals surface area (Å²) in [5.41, 5.74) is 2.43. The zero-order chi connectivity index (χ0) is 15.1. The van der Waals surface area contributed by atoms with Crippen molar-refractivity contribution in [3.8, 4) is 5.75 Å². The van der Waals surface area contributed by atoms with Gasteiger partial charge in [0.25, 0.3) is 0 Å². The maximum atomic E-state index is 12.0. The summed E-state index contributed by atoms with van der Waals surface area (Å²) in [5.74, 6) is 6.74. The lowest BCUT2D eigenvalue weighted by molar-refractivity contribution is -0.134. The molecule has 0 bridgehead atoms. The Labute approximate surface area is 122 Å². The number of hydrazine groups is 1. The Balaban J connectivity index is 1.87. The molecular weight excluding hydrogens is 276 g/mol. The van der Waals surface area contributed by atoms with Gasteiger partial charge in [-0.05, 0) is 0 Å².